The second-order valence-electron chi connectivity index (χ2n) is 4.75. The third kappa shape index (κ3) is 3.55. The SMILES string of the molecule is O=C(CCc1ccc2c(c1)OCO2)Nc1cccc(Br)c1. The second-order valence-corrected chi connectivity index (χ2v) is 5.66. The predicted molar refractivity (Wildman–Crippen MR) is 83.7 cm³/mol. The lowest BCUT2D eigenvalue weighted by atomic mass is 10.1. The Morgan fingerprint density at radius 2 is 2.00 bits per heavy atom. The van der Waals surface area contributed by atoms with Gasteiger partial charge in [0.05, 0.1) is 0 Å². The van der Waals surface area contributed by atoms with E-state index in [1.54, 1.807) is 0 Å². The fraction of sp³-hybridized carbons (Fsp3) is 0.188. The molecular formula is C16H14BrNO3. The first-order valence-corrected chi connectivity index (χ1v) is 7.44. The van der Waals surface area contributed by atoms with Crippen molar-refractivity contribution in [2.75, 3.05) is 12.1 Å². The molecule has 1 N–H and O–H groups in total. The van der Waals surface area contributed by atoms with Gasteiger partial charge in [0.2, 0.25) is 12.7 Å². The number of benzene rings is 2. The largest absolute Gasteiger partial charge is 0.454 e. The lowest BCUT2D eigenvalue weighted by Gasteiger charge is -2.06. The van der Waals surface area contributed by atoms with Gasteiger partial charge in [0.15, 0.2) is 11.5 Å². The van der Waals surface area contributed by atoms with Gasteiger partial charge in [0, 0.05) is 16.6 Å². The molecule has 0 aliphatic carbocycles. The molecule has 0 saturated heterocycles. The zero-order valence-electron chi connectivity index (χ0n) is 11.3. The van der Waals surface area contributed by atoms with Crippen molar-refractivity contribution in [1.29, 1.82) is 0 Å². The van der Waals surface area contributed by atoms with E-state index < -0.39 is 0 Å². The Bertz CT molecular complexity index is 672. The molecule has 1 aliphatic heterocycles. The van der Waals surface area contributed by atoms with Crippen LogP contribution in [0.2, 0.25) is 0 Å². The van der Waals surface area contributed by atoms with Crippen LogP contribution in [0.5, 0.6) is 11.5 Å². The van der Waals surface area contributed by atoms with Gasteiger partial charge >= 0.3 is 0 Å². The van der Waals surface area contributed by atoms with Crippen molar-refractivity contribution in [1.82, 2.24) is 0 Å². The number of nitrogens with one attached hydrogen (secondary N) is 1. The fourth-order valence-electron chi connectivity index (χ4n) is 2.14. The van der Waals surface area contributed by atoms with Crippen LogP contribution in [0, 0.1) is 0 Å². The van der Waals surface area contributed by atoms with Gasteiger partial charge in [-0.25, -0.2) is 0 Å². The fourth-order valence-corrected chi connectivity index (χ4v) is 2.54. The van der Waals surface area contributed by atoms with E-state index in [9.17, 15) is 4.79 Å². The van der Waals surface area contributed by atoms with Crippen molar-refractivity contribution in [3.05, 3.63) is 52.5 Å². The number of fused-ring (bicyclic) bond motifs is 1. The van der Waals surface area contributed by atoms with Gasteiger partial charge in [-0.15, -0.1) is 0 Å². The molecule has 0 radical (unpaired) electrons. The summed E-state index contributed by atoms with van der Waals surface area (Å²) in [6.45, 7) is 0.266. The summed E-state index contributed by atoms with van der Waals surface area (Å²) in [5, 5.41) is 2.88. The van der Waals surface area contributed by atoms with Crippen LogP contribution < -0.4 is 14.8 Å². The third-order valence-electron chi connectivity index (χ3n) is 3.19. The lowest BCUT2D eigenvalue weighted by molar-refractivity contribution is -0.116. The Balaban J connectivity index is 1.56. The van der Waals surface area contributed by atoms with Gasteiger partial charge in [-0.2, -0.15) is 0 Å². The van der Waals surface area contributed by atoms with Gasteiger partial charge in [0.1, 0.15) is 0 Å². The van der Waals surface area contributed by atoms with Gasteiger partial charge in [-0.05, 0) is 42.3 Å². The van der Waals surface area contributed by atoms with Crippen LogP contribution in [0.3, 0.4) is 0 Å². The highest BCUT2D eigenvalue weighted by Crippen LogP contribution is 2.32. The molecule has 0 aromatic heterocycles. The zero-order valence-corrected chi connectivity index (χ0v) is 12.9. The zero-order chi connectivity index (χ0) is 14.7. The van der Waals surface area contributed by atoms with Crippen LogP contribution in [-0.4, -0.2) is 12.7 Å². The summed E-state index contributed by atoms with van der Waals surface area (Å²) in [7, 11) is 0. The van der Waals surface area contributed by atoms with Crippen LogP contribution >= 0.6 is 15.9 Å². The molecule has 21 heavy (non-hydrogen) atoms. The number of halogens is 1. The van der Waals surface area contributed by atoms with Crippen LogP contribution in [0.4, 0.5) is 5.69 Å². The molecule has 1 amide bonds. The number of ether oxygens (including phenoxy) is 2. The molecule has 3 rings (SSSR count). The molecule has 0 unspecified atom stereocenters. The number of carbonyl (C=O) groups excluding carboxylic acids is 1. The van der Waals surface area contributed by atoms with E-state index in [-0.39, 0.29) is 12.7 Å². The van der Waals surface area contributed by atoms with Gasteiger partial charge in [-0.1, -0.05) is 28.1 Å². The summed E-state index contributed by atoms with van der Waals surface area (Å²) in [5.41, 5.74) is 1.85. The number of hydrogen-bond acceptors (Lipinski definition) is 3. The molecule has 108 valence electrons. The van der Waals surface area contributed by atoms with Crippen LogP contribution in [-0.2, 0) is 11.2 Å². The molecule has 0 fully saturated rings. The van der Waals surface area contributed by atoms with Crippen molar-refractivity contribution >= 4 is 27.5 Å². The molecule has 2 aromatic carbocycles. The Morgan fingerprint density at radius 3 is 2.86 bits per heavy atom. The van der Waals surface area contributed by atoms with E-state index in [0.29, 0.717) is 12.8 Å². The van der Waals surface area contributed by atoms with E-state index in [1.165, 1.54) is 0 Å². The van der Waals surface area contributed by atoms with Crippen molar-refractivity contribution in [3.63, 3.8) is 0 Å². The minimum absolute atomic E-state index is 0.00855. The smallest absolute Gasteiger partial charge is 0.231 e. The van der Waals surface area contributed by atoms with Gasteiger partial charge in [-0.3, -0.25) is 4.79 Å². The summed E-state index contributed by atoms with van der Waals surface area (Å²) < 4.78 is 11.5. The first kappa shape index (κ1) is 13.9. The Labute approximate surface area is 131 Å². The van der Waals surface area contributed by atoms with Crippen LogP contribution in [0.15, 0.2) is 46.9 Å². The van der Waals surface area contributed by atoms with E-state index in [2.05, 4.69) is 21.2 Å². The highest BCUT2D eigenvalue weighted by atomic mass is 79.9. The average Bonchev–Trinajstić information content (AvgIpc) is 2.92. The molecule has 1 heterocycles. The molecule has 0 saturated carbocycles. The van der Waals surface area contributed by atoms with E-state index >= 15 is 0 Å². The number of rotatable bonds is 4. The first-order valence-electron chi connectivity index (χ1n) is 6.65. The monoisotopic (exact) mass is 347 g/mol. The number of aryl methyl sites for hydroxylation is 1. The van der Waals surface area contributed by atoms with Crippen molar-refractivity contribution in [3.8, 4) is 11.5 Å². The topological polar surface area (TPSA) is 47.6 Å². The molecule has 1 aliphatic rings. The number of anilines is 1. The molecule has 2 aromatic rings. The molecule has 5 heteroatoms. The summed E-state index contributed by atoms with van der Waals surface area (Å²) in [6.07, 6.45) is 1.09. The Hall–Kier alpha value is -2.01. The highest BCUT2D eigenvalue weighted by molar-refractivity contribution is 9.10. The van der Waals surface area contributed by atoms with E-state index in [0.717, 1.165) is 27.2 Å². The minimum atomic E-state index is -0.00855. The molecule has 0 atom stereocenters. The van der Waals surface area contributed by atoms with Crippen LogP contribution in [0.25, 0.3) is 0 Å². The third-order valence-corrected chi connectivity index (χ3v) is 3.68. The molecular weight excluding hydrogens is 334 g/mol. The first-order chi connectivity index (χ1) is 10.2. The van der Waals surface area contributed by atoms with Gasteiger partial charge < -0.3 is 14.8 Å². The maximum absolute atomic E-state index is 11.9. The van der Waals surface area contributed by atoms with Crippen LogP contribution in [0.1, 0.15) is 12.0 Å². The van der Waals surface area contributed by atoms with E-state index in [1.807, 2.05) is 42.5 Å². The maximum Gasteiger partial charge on any atom is 0.231 e. The van der Waals surface area contributed by atoms with Crippen molar-refractivity contribution < 1.29 is 14.3 Å². The average molecular weight is 348 g/mol. The number of carbonyl (C=O) groups is 1. The number of hydrogen-bond donors (Lipinski definition) is 1. The summed E-state index contributed by atoms with van der Waals surface area (Å²) in [6, 6.07) is 13.3. The predicted octanol–water partition coefficient (Wildman–Crippen LogP) is 3.75. The quantitative estimate of drug-likeness (QED) is 0.916. The summed E-state index contributed by atoms with van der Waals surface area (Å²) in [4.78, 5) is 11.9. The molecule has 0 bridgehead atoms. The lowest BCUT2D eigenvalue weighted by Crippen LogP contribution is -2.12. The van der Waals surface area contributed by atoms with E-state index in [4.69, 9.17) is 9.47 Å². The maximum atomic E-state index is 11.9. The summed E-state index contributed by atoms with van der Waals surface area (Å²) >= 11 is 3.38. The minimum Gasteiger partial charge on any atom is -0.454 e. The second kappa shape index (κ2) is 6.18. The Morgan fingerprint density at radius 1 is 1.14 bits per heavy atom. The summed E-state index contributed by atoms with van der Waals surface area (Å²) in [5.74, 6) is 1.50. The number of amides is 1. The van der Waals surface area contributed by atoms with Crippen molar-refractivity contribution in [2.45, 2.75) is 12.8 Å². The normalized spacial score (nSPS) is 12.2. The Kier molecular flexibility index (Phi) is 4.10. The van der Waals surface area contributed by atoms with Crippen molar-refractivity contribution in [2.24, 2.45) is 0 Å². The highest BCUT2D eigenvalue weighted by Gasteiger charge is 2.13. The van der Waals surface area contributed by atoms with Gasteiger partial charge in [0.25, 0.3) is 0 Å². The molecule has 0 spiro atoms. The molecule has 4 nitrogen and oxygen atoms in total. The standard InChI is InChI=1S/C16H14BrNO3/c17-12-2-1-3-13(9-12)18-16(19)7-5-11-4-6-14-15(8-11)21-10-20-14/h1-4,6,8-9H,5,7,10H2,(H,18,19).